The molecule has 5 nitrogen and oxygen atoms in total. The second kappa shape index (κ2) is 5.65. The Balaban J connectivity index is 2.02. The average molecular weight is 253 g/mol. The first-order valence-corrected chi connectivity index (χ1v) is 5.62. The van der Waals surface area contributed by atoms with Crippen molar-refractivity contribution >= 4 is 11.8 Å². The zero-order valence-electron chi connectivity index (χ0n) is 10.00. The van der Waals surface area contributed by atoms with Crippen LogP contribution in [0.3, 0.4) is 0 Å². The molecule has 0 saturated heterocycles. The highest BCUT2D eigenvalue weighted by Crippen LogP contribution is 2.09. The minimum Gasteiger partial charge on any atom is -0.478 e. The molecule has 2 rings (SSSR count). The molecule has 5 heteroatoms. The highest BCUT2D eigenvalue weighted by atomic mass is 16.4. The molecule has 0 amide bonds. The maximum Gasteiger partial charge on any atom is 0.335 e. The summed E-state index contributed by atoms with van der Waals surface area (Å²) in [5, 5.41) is 20.6. The summed E-state index contributed by atoms with van der Waals surface area (Å²) in [6.45, 7) is 0.516. The maximum atomic E-state index is 10.7. The standard InChI is InChI=1S/C14H11N3O2/c15-8-12-2-1-3-13(17-12)16-9-10-4-6-11(7-5-10)14(18)19/h1-7H,9H2,(H,16,17)(H,18,19). The molecule has 0 unspecified atom stereocenters. The van der Waals surface area contributed by atoms with Gasteiger partial charge in [0.25, 0.3) is 0 Å². The van der Waals surface area contributed by atoms with Gasteiger partial charge in [0.2, 0.25) is 0 Å². The van der Waals surface area contributed by atoms with Gasteiger partial charge >= 0.3 is 5.97 Å². The van der Waals surface area contributed by atoms with Crippen molar-refractivity contribution in [2.75, 3.05) is 5.32 Å². The highest BCUT2D eigenvalue weighted by molar-refractivity contribution is 5.87. The van der Waals surface area contributed by atoms with Crippen LogP contribution < -0.4 is 5.32 Å². The number of carbonyl (C=O) groups is 1. The predicted octanol–water partition coefficient (Wildman–Crippen LogP) is 2.26. The van der Waals surface area contributed by atoms with Crippen molar-refractivity contribution in [2.24, 2.45) is 0 Å². The summed E-state index contributed by atoms with van der Waals surface area (Å²) in [5.74, 6) is -0.329. The van der Waals surface area contributed by atoms with Gasteiger partial charge in [0.15, 0.2) is 0 Å². The fourth-order valence-electron chi connectivity index (χ4n) is 1.55. The summed E-state index contributed by atoms with van der Waals surface area (Å²) in [7, 11) is 0. The molecule has 0 spiro atoms. The summed E-state index contributed by atoms with van der Waals surface area (Å²) in [6, 6.07) is 13.7. The first-order valence-electron chi connectivity index (χ1n) is 5.62. The van der Waals surface area contributed by atoms with E-state index in [0.29, 0.717) is 18.1 Å². The van der Waals surface area contributed by atoms with Crippen LogP contribution >= 0.6 is 0 Å². The molecular formula is C14H11N3O2. The number of carboxylic acid groups (broad SMARTS) is 1. The lowest BCUT2D eigenvalue weighted by atomic mass is 10.1. The number of pyridine rings is 1. The Morgan fingerprint density at radius 3 is 2.63 bits per heavy atom. The molecule has 0 fully saturated rings. The van der Waals surface area contributed by atoms with E-state index < -0.39 is 5.97 Å². The Morgan fingerprint density at radius 2 is 2.00 bits per heavy atom. The third kappa shape index (κ3) is 3.30. The van der Waals surface area contributed by atoms with Crippen LogP contribution in [0.4, 0.5) is 5.82 Å². The molecule has 0 bridgehead atoms. The first kappa shape index (κ1) is 12.6. The molecule has 0 aliphatic heterocycles. The quantitative estimate of drug-likeness (QED) is 0.872. The Labute approximate surface area is 110 Å². The third-order valence-electron chi connectivity index (χ3n) is 2.54. The summed E-state index contributed by atoms with van der Waals surface area (Å²) in [5.41, 5.74) is 1.55. The summed E-state index contributed by atoms with van der Waals surface area (Å²) in [4.78, 5) is 14.8. The van der Waals surface area contributed by atoms with Crippen LogP contribution in [0.15, 0.2) is 42.5 Å². The van der Waals surface area contributed by atoms with Crippen LogP contribution in [0.1, 0.15) is 21.6 Å². The number of anilines is 1. The van der Waals surface area contributed by atoms with Crippen LogP contribution in [0, 0.1) is 11.3 Å². The minimum absolute atomic E-state index is 0.258. The Kier molecular flexibility index (Phi) is 3.74. The topological polar surface area (TPSA) is 86.0 Å². The fourth-order valence-corrected chi connectivity index (χ4v) is 1.55. The van der Waals surface area contributed by atoms with Crippen molar-refractivity contribution in [3.8, 4) is 6.07 Å². The normalized spacial score (nSPS) is 9.63. The number of hydrogen-bond donors (Lipinski definition) is 2. The molecule has 0 aliphatic rings. The van der Waals surface area contributed by atoms with E-state index in [1.807, 2.05) is 6.07 Å². The van der Waals surface area contributed by atoms with Crippen molar-refractivity contribution < 1.29 is 9.90 Å². The number of hydrogen-bond acceptors (Lipinski definition) is 4. The summed E-state index contributed by atoms with van der Waals surface area (Å²) < 4.78 is 0. The van der Waals surface area contributed by atoms with Gasteiger partial charge in [0.1, 0.15) is 17.6 Å². The molecule has 0 radical (unpaired) electrons. The lowest BCUT2D eigenvalue weighted by Gasteiger charge is -2.06. The molecule has 94 valence electrons. The molecule has 19 heavy (non-hydrogen) atoms. The fraction of sp³-hybridized carbons (Fsp3) is 0.0714. The van der Waals surface area contributed by atoms with Gasteiger partial charge < -0.3 is 10.4 Å². The van der Waals surface area contributed by atoms with Gasteiger partial charge in [0.05, 0.1) is 5.56 Å². The van der Waals surface area contributed by atoms with Crippen LogP contribution in [-0.4, -0.2) is 16.1 Å². The van der Waals surface area contributed by atoms with Gasteiger partial charge in [-0.15, -0.1) is 0 Å². The Bertz CT molecular complexity index is 630. The van der Waals surface area contributed by atoms with Gasteiger partial charge in [-0.05, 0) is 29.8 Å². The zero-order valence-corrected chi connectivity index (χ0v) is 10.00. The van der Waals surface area contributed by atoms with E-state index in [-0.39, 0.29) is 5.56 Å². The largest absolute Gasteiger partial charge is 0.478 e. The Hall–Kier alpha value is -2.87. The molecule has 0 aliphatic carbocycles. The second-order valence-corrected chi connectivity index (χ2v) is 3.88. The number of nitrogens with one attached hydrogen (secondary N) is 1. The van der Waals surface area contributed by atoms with Gasteiger partial charge in [-0.1, -0.05) is 18.2 Å². The van der Waals surface area contributed by atoms with E-state index in [0.717, 1.165) is 5.56 Å². The lowest BCUT2D eigenvalue weighted by Crippen LogP contribution is -2.03. The van der Waals surface area contributed by atoms with Crippen LogP contribution in [0.5, 0.6) is 0 Å². The second-order valence-electron chi connectivity index (χ2n) is 3.88. The molecule has 0 atom stereocenters. The van der Waals surface area contributed by atoms with E-state index in [4.69, 9.17) is 10.4 Å². The molecular weight excluding hydrogens is 242 g/mol. The number of nitriles is 1. The smallest absolute Gasteiger partial charge is 0.335 e. The van der Waals surface area contributed by atoms with Crippen LogP contribution in [-0.2, 0) is 6.54 Å². The zero-order chi connectivity index (χ0) is 13.7. The number of carboxylic acids is 1. The molecule has 1 heterocycles. The molecule has 0 saturated carbocycles. The lowest BCUT2D eigenvalue weighted by molar-refractivity contribution is 0.0697. The molecule has 2 N–H and O–H groups in total. The Morgan fingerprint density at radius 1 is 1.26 bits per heavy atom. The van der Waals surface area contributed by atoms with Gasteiger partial charge in [-0.25, -0.2) is 9.78 Å². The van der Waals surface area contributed by atoms with Gasteiger partial charge in [0, 0.05) is 6.54 Å². The van der Waals surface area contributed by atoms with Gasteiger partial charge in [-0.3, -0.25) is 0 Å². The number of benzene rings is 1. The van der Waals surface area contributed by atoms with Crippen molar-refractivity contribution in [3.63, 3.8) is 0 Å². The van der Waals surface area contributed by atoms with E-state index in [9.17, 15) is 4.79 Å². The van der Waals surface area contributed by atoms with Gasteiger partial charge in [-0.2, -0.15) is 5.26 Å². The third-order valence-corrected chi connectivity index (χ3v) is 2.54. The van der Waals surface area contributed by atoms with E-state index in [1.54, 1.807) is 42.5 Å². The van der Waals surface area contributed by atoms with E-state index >= 15 is 0 Å². The van der Waals surface area contributed by atoms with Crippen LogP contribution in [0.25, 0.3) is 0 Å². The van der Waals surface area contributed by atoms with Crippen molar-refractivity contribution in [1.29, 1.82) is 5.26 Å². The summed E-state index contributed by atoms with van der Waals surface area (Å²) in [6.07, 6.45) is 0. The number of aromatic carboxylic acids is 1. The maximum absolute atomic E-state index is 10.7. The van der Waals surface area contributed by atoms with Crippen molar-refractivity contribution in [2.45, 2.75) is 6.54 Å². The van der Waals surface area contributed by atoms with Crippen LogP contribution in [0.2, 0.25) is 0 Å². The minimum atomic E-state index is -0.942. The molecule has 1 aromatic carbocycles. The first-order chi connectivity index (χ1) is 9.19. The molecule has 1 aromatic heterocycles. The van der Waals surface area contributed by atoms with E-state index in [2.05, 4.69) is 10.3 Å². The summed E-state index contributed by atoms with van der Waals surface area (Å²) >= 11 is 0. The molecule has 2 aromatic rings. The predicted molar refractivity (Wildman–Crippen MR) is 69.7 cm³/mol. The van der Waals surface area contributed by atoms with Crippen molar-refractivity contribution in [3.05, 3.63) is 59.3 Å². The number of aromatic nitrogens is 1. The monoisotopic (exact) mass is 253 g/mol. The van der Waals surface area contributed by atoms with Crippen molar-refractivity contribution in [1.82, 2.24) is 4.98 Å². The SMILES string of the molecule is N#Cc1cccc(NCc2ccc(C(=O)O)cc2)n1. The van der Waals surface area contributed by atoms with E-state index in [1.165, 1.54) is 0 Å². The number of nitrogens with zero attached hydrogens (tertiary/aromatic N) is 2. The number of rotatable bonds is 4. The highest BCUT2D eigenvalue weighted by Gasteiger charge is 2.02. The average Bonchev–Trinajstić information content (AvgIpc) is 2.46.